The molecule has 7 nitrogen and oxygen atoms in total. The van der Waals surface area contributed by atoms with Gasteiger partial charge in [-0.15, -0.1) is 0 Å². The molecule has 0 aliphatic carbocycles. The van der Waals surface area contributed by atoms with Crippen LogP contribution in [-0.4, -0.2) is 35.4 Å². The third kappa shape index (κ3) is 6.70. The van der Waals surface area contributed by atoms with Crippen molar-refractivity contribution in [2.45, 2.75) is 32.7 Å². The van der Waals surface area contributed by atoms with Gasteiger partial charge in [-0.2, -0.15) is 5.10 Å². The number of benzene rings is 2. The van der Waals surface area contributed by atoms with Gasteiger partial charge in [-0.3, -0.25) is 9.59 Å². The van der Waals surface area contributed by atoms with E-state index in [0.29, 0.717) is 18.9 Å². The molecule has 32 heavy (non-hydrogen) atoms. The lowest BCUT2D eigenvalue weighted by atomic mass is 9.87. The zero-order valence-electron chi connectivity index (χ0n) is 18.7. The fourth-order valence-electron chi connectivity index (χ4n) is 2.97. The lowest BCUT2D eigenvalue weighted by Gasteiger charge is -2.19. The van der Waals surface area contributed by atoms with Crippen LogP contribution in [0.3, 0.4) is 0 Å². The maximum atomic E-state index is 12.4. The molecule has 0 aliphatic rings. The van der Waals surface area contributed by atoms with Crippen LogP contribution in [0.4, 0.5) is 0 Å². The zero-order chi connectivity index (χ0) is 23.0. The number of aromatic nitrogens is 2. The summed E-state index contributed by atoms with van der Waals surface area (Å²) in [6, 6.07) is 20.0. The summed E-state index contributed by atoms with van der Waals surface area (Å²) in [6.07, 6.45) is 0. The van der Waals surface area contributed by atoms with Gasteiger partial charge in [0.1, 0.15) is 30.4 Å². The van der Waals surface area contributed by atoms with Gasteiger partial charge in [0, 0.05) is 6.07 Å². The molecule has 0 saturated carbocycles. The van der Waals surface area contributed by atoms with Gasteiger partial charge in [0.25, 0.3) is 11.5 Å². The van der Waals surface area contributed by atoms with Gasteiger partial charge in [-0.1, -0.05) is 51.1 Å². The molecule has 0 aliphatic heterocycles. The first-order valence-electron chi connectivity index (χ1n) is 10.6. The van der Waals surface area contributed by atoms with Gasteiger partial charge in [-0.25, -0.2) is 4.68 Å². The van der Waals surface area contributed by atoms with Crippen LogP contribution >= 0.6 is 0 Å². The summed E-state index contributed by atoms with van der Waals surface area (Å²) in [5.74, 6) is 1.09. The molecule has 2 aromatic carbocycles. The smallest absolute Gasteiger partial charge is 0.271 e. The second-order valence-corrected chi connectivity index (χ2v) is 8.32. The van der Waals surface area contributed by atoms with E-state index in [2.05, 4.69) is 31.2 Å². The summed E-state index contributed by atoms with van der Waals surface area (Å²) in [7, 11) is 0. The highest BCUT2D eigenvalue weighted by atomic mass is 16.5. The largest absolute Gasteiger partial charge is 0.492 e. The Labute approximate surface area is 188 Å². The van der Waals surface area contributed by atoms with Crippen LogP contribution in [0.25, 0.3) is 0 Å². The summed E-state index contributed by atoms with van der Waals surface area (Å²) < 4.78 is 12.5. The fourth-order valence-corrected chi connectivity index (χ4v) is 2.97. The number of nitrogens with zero attached hydrogens (tertiary/aromatic N) is 2. The molecule has 0 fully saturated rings. The third-order valence-electron chi connectivity index (χ3n) is 4.79. The maximum Gasteiger partial charge on any atom is 0.271 e. The van der Waals surface area contributed by atoms with E-state index in [9.17, 15) is 9.59 Å². The normalized spacial score (nSPS) is 11.1. The second-order valence-electron chi connectivity index (χ2n) is 8.32. The summed E-state index contributed by atoms with van der Waals surface area (Å²) in [6.45, 7) is 7.62. The topological polar surface area (TPSA) is 82.5 Å². The van der Waals surface area contributed by atoms with Crippen molar-refractivity contribution >= 4 is 5.91 Å². The number of ether oxygens (including phenoxy) is 2. The Morgan fingerprint density at radius 2 is 1.56 bits per heavy atom. The average Bonchev–Trinajstić information content (AvgIpc) is 2.78. The molecular weight excluding hydrogens is 406 g/mol. The molecule has 0 bridgehead atoms. The first kappa shape index (κ1) is 23.1. The molecule has 1 aromatic heterocycles. The van der Waals surface area contributed by atoms with Gasteiger partial charge in [0.05, 0.1) is 13.1 Å². The Kier molecular flexibility index (Phi) is 7.65. The molecule has 168 valence electrons. The van der Waals surface area contributed by atoms with Crippen molar-refractivity contribution in [2.75, 3.05) is 19.8 Å². The number of hydrogen-bond donors (Lipinski definition) is 1. The molecular formula is C25H29N3O4. The summed E-state index contributed by atoms with van der Waals surface area (Å²) in [5.41, 5.74) is 1.19. The van der Waals surface area contributed by atoms with E-state index in [1.54, 1.807) is 0 Å². The van der Waals surface area contributed by atoms with Crippen molar-refractivity contribution < 1.29 is 14.3 Å². The van der Waals surface area contributed by atoms with Crippen LogP contribution in [0.1, 0.15) is 36.8 Å². The molecule has 3 aromatic rings. The Hall–Kier alpha value is -3.61. The SMILES string of the molecule is CC(C)(C)c1ccc(OCCNC(=O)c2ccc(=O)n(CCOc3ccccc3)n2)cc1. The highest BCUT2D eigenvalue weighted by Gasteiger charge is 2.13. The van der Waals surface area contributed by atoms with Gasteiger partial charge in [0.15, 0.2) is 0 Å². The predicted molar refractivity (Wildman–Crippen MR) is 123 cm³/mol. The first-order valence-corrected chi connectivity index (χ1v) is 10.6. The molecule has 1 N–H and O–H groups in total. The molecule has 0 atom stereocenters. The van der Waals surface area contributed by atoms with Gasteiger partial charge in [0.2, 0.25) is 0 Å². The zero-order valence-corrected chi connectivity index (χ0v) is 18.7. The summed E-state index contributed by atoms with van der Waals surface area (Å²) >= 11 is 0. The average molecular weight is 436 g/mol. The Morgan fingerprint density at radius 3 is 2.25 bits per heavy atom. The monoisotopic (exact) mass is 435 g/mol. The summed E-state index contributed by atoms with van der Waals surface area (Å²) in [4.78, 5) is 24.4. The third-order valence-corrected chi connectivity index (χ3v) is 4.79. The van der Waals surface area contributed by atoms with E-state index in [-0.39, 0.29) is 35.7 Å². The highest BCUT2D eigenvalue weighted by molar-refractivity contribution is 5.91. The molecule has 0 radical (unpaired) electrons. The van der Waals surface area contributed by atoms with E-state index in [0.717, 1.165) is 5.75 Å². The standard InChI is InChI=1S/C25H29N3O4/c1-25(2,3)19-9-11-21(12-10-19)31-17-15-26-24(30)22-13-14-23(29)28(27-22)16-18-32-20-7-5-4-6-8-20/h4-14H,15-18H2,1-3H3,(H,26,30). The fraction of sp³-hybridized carbons (Fsp3) is 0.320. The van der Waals surface area contributed by atoms with E-state index >= 15 is 0 Å². The van der Waals surface area contributed by atoms with Crippen LogP contribution in [0.5, 0.6) is 11.5 Å². The molecule has 3 rings (SSSR count). The number of hydrogen-bond acceptors (Lipinski definition) is 5. The first-order chi connectivity index (χ1) is 15.3. The molecule has 1 amide bonds. The predicted octanol–water partition coefficient (Wildman–Crippen LogP) is 3.43. The molecule has 0 unspecified atom stereocenters. The van der Waals surface area contributed by atoms with E-state index in [4.69, 9.17) is 9.47 Å². The number of rotatable bonds is 9. The van der Waals surface area contributed by atoms with Crippen molar-refractivity contribution in [3.05, 3.63) is 88.3 Å². The highest BCUT2D eigenvalue weighted by Crippen LogP contribution is 2.24. The number of amides is 1. The minimum atomic E-state index is -0.366. The molecule has 0 spiro atoms. The van der Waals surface area contributed by atoms with Crippen LogP contribution in [0.15, 0.2) is 71.5 Å². The maximum absolute atomic E-state index is 12.4. The summed E-state index contributed by atoms with van der Waals surface area (Å²) in [5, 5.41) is 6.90. The molecule has 7 heteroatoms. The van der Waals surface area contributed by atoms with Gasteiger partial charge in [-0.05, 0) is 41.3 Å². The minimum Gasteiger partial charge on any atom is -0.492 e. The van der Waals surface area contributed by atoms with Crippen molar-refractivity contribution in [1.82, 2.24) is 15.1 Å². The molecule has 1 heterocycles. The van der Waals surface area contributed by atoms with Gasteiger partial charge < -0.3 is 14.8 Å². The van der Waals surface area contributed by atoms with E-state index in [1.807, 2.05) is 54.6 Å². The van der Waals surface area contributed by atoms with Crippen molar-refractivity contribution in [2.24, 2.45) is 0 Å². The Balaban J connectivity index is 1.46. The minimum absolute atomic E-state index is 0.0870. The Bertz CT molecular complexity index is 1070. The van der Waals surface area contributed by atoms with Gasteiger partial charge >= 0.3 is 0 Å². The van der Waals surface area contributed by atoms with Crippen molar-refractivity contribution in [3.8, 4) is 11.5 Å². The lowest BCUT2D eigenvalue weighted by Crippen LogP contribution is -2.32. The number of para-hydroxylation sites is 1. The van der Waals surface area contributed by atoms with Crippen LogP contribution in [0, 0.1) is 0 Å². The lowest BCUT2D eigenvalue weighted by molar-refractivity contribution is 0.0939. The van der Waals surface area contributed by atoms with Crippen LogP contribution in [0.2, 0.25) is 0 Å². The van der Waals surface area contributed by atoms with Crippen LogP contribution < -0.4 is 20.3 Å². The van der Waals surface area contributed by atoms with Crippen LogP contribution in [-0.2, 0) is 12.0 Å². The quantitative estimate of drug-likeness (QED) is 0.521. The molecule has 0 saturated heterocycles. The number of carbonyl (C=O) groups excluding carboxylic acids is 1. The van der Waals surface area contributed by atoms with Crippen molar-refractivity contribution in [3.63, 3.8) is 0 Å². The van der Waals surface area contributed by atoms with Crippen molar-refractivity contribution in [1.29, 1.82) is 0 Å². The number of nitrogens with one attached hydrogen (secondary N) is 1. The Morgan fingerprint density at radius 1 is 0.906 bits per heavy atom. The van der Waals surface area contributed by atoms with E-state index < -0.39 is 0 Å². The second kappa shape index (κ2) is 10.6. The number of carbonyl (C=O) groups is 1. The van der Waals surface area contributed by atoms with E-state index in [1.165, 1.54) is 22.4 Å².